The van der Waals surface area contributed by atoms with E-state index in [2.05, 4.69) is 9.97 Å². The zero-order valence-electron chi connectivity index (χ0n) is 30.4. The van der Waals surface area contributed by atoms with Gasteiger partial charge in [0, 0.05) is 29.3 Å². The highest BCUT2D eigenvalue weighted by molar-refractivity contribution is 7.11. The number of hydrogen-bond donors (Lipinski definition) is 9. The second kappa shape index (κ2) is 17.4. The van der Waals surface area contributed by atoms with Crippen LogP contribution in [0.2, 0.25) is 0 Å². The third-order valence-electron chi connectivity index (χ3n) is 9.98. The molecule has 11 atom stereocenters. The molecule has 0 bridgehead atoms. The van der Waals surface area contributed by atoms with Crippen molar-refractivity contribution in [2.75, 3.05) is 13.2 Å². The molecule has 334 valence electrons. The number of aliphatic hydroxyl groups is 9. The van der Waals surface area contributed by atoms with E-state index in [0.717, 1.165) is 24.4 Å². The minimum atomic E-state index is -6.25. The van der Waals surface area contributed by atoms with Crippen LogP contribution in [-0.4, -0.2) is 149 Å². The fourth-order valence-corrected chi connectivity index (χ4v) is 7.65. The summed E-state index contributed by atoms with van der Waals surface area (Å²) in [6.45, 7) is -1.69. The van der Waals surface area contributed by atoms with Crippen molar-refractivity contribution in [2.24, 2.45) is 0 Å². The summed E-state index contributed by atoms with van der Waals surface area (Å²) in [6.07, 6.45) is -32.5. The number of aromatic nitrogens is 2. The van der Waals surface area contributed by atoms with Gasteiger partial charge in [0.1, 0.15) is 59.6 Å². The highest BCUT2D eigenvalue weighted by Gasteiger charge is 2.73. The number of aliphatic hydroxyl groups excluding tert-OH is 7. The Morgan fingerprint density at radius 1 is 0.733 bits per heavy atom. The molecule has 9 N–H and O–H groups in total. The van der Waals surface area contributed by atoms with Gasteiger partial charge in [0.2, 0.25) is 12.2 Å². The third-order valence-corrected chi connectivity index (χ3v) is 11.2. The van der Waals surface area contributed by atoms with E-state index in [1.807, 2.05) is 0 Å². The van der Waals surface area contributed by atoms with Gasteiger partial charge in [-0.15, -0.1) is 11.3 Å². The van der Waals surface area contributed by atoms with Crippen LogP contribution in [0.15, 0.2) is 42.7 Å². The van der Waals surface area contributed by atoms with E-state index in [1.165, 1.54) is 12.1 Å². The summed E-state index contributed by atoms with van der Waals surface area (Å²) < 4.78 is 138. The first-order valence-corrected chi connectivity index (χ1v) is 18.7. The van der Waals surface area contributed by atoms with Crippen LogP contribution in [0.4, 0.5) is 35.1 Å². The van der Waals surface area contributed by atoms with Gasteiger partial charge >= 0.3 is 24.1 Å². The highest BCUT2D eigenvalue weighted by atomic mass is 32.1. The van der Waals surface area contributed by atoms with Gasteiger partial charge in [-0.25, -0.2) is 9.97 Å². The Balaban J connectivity index is 1.24. The molecule has 3 fully saturated rings. The predicted molar refractivity (Wildman–Crippen MR) is 181 cm³/mol. The van der Waals surface area contributed by atoms with E-state index >= 15 is 0 Å². The minimum absolute atomic E-state index is 0.0139. The molecule has 0 spiro atoms. The zero-order chi connectivity index (χ0) is 44.1. The van der Waals surface area contributed by atoms with Crippen LogP contribution in [0, 0.1) is 0 Å². The third kappa shape index (κ3) is 9.32. The van der Waals surface area contributed by atoms with Crippen LogP contribution in [0.25, 0.3) is 0 Å². The lowest BCUT2D eigenvalue weighted by Crippen LogP contribution is -2.65. The lowest BCUT2D eigenvalue weighted by molar-refractivity contribution is -0.376. The van der Waals surface area contributed by atoms with E-state index in [9.17, 15) is 81.1 Å². The SMILES string of the molecule is OCC1O[C@@H](O[C@@H]2C(CO)O[C@@H](Oc3ccc(C[C@@H](c4ccc(C(O)(F)F)c(OC5CC5)c4)c4cnc(C(O)(C(F)(F)F)C(F)(F)F)s4)cn3)[C@H](O)C2O)[C@H](O)C(O)[C@@H]1O. The number of ether oxygens (including phenoxy) is 5. The van der Waals surface area contributed by atoms with Crippen LogP contribution in [0.3, 0.4) is 0 Å². The van der Waals surface area contributed by atoms with E-state index < -0.39 is 127 Å². The standard InChI is InChI=1S/C35H38F8N2O14S/c36-33(37,54)17-5-2-14(8-18(17)55-15-3-4-15)16(21-10-45-31(60-21)32(53,34(38,39)40)35(41,42)43)7-13-1-6-22(44-9-13)58-29-27(52)25(50)28(20(12-47)57-29)59-30-26(51)24(49)23(48)19(11-46)56-30/h1-2,5-6,8-10,15-16,19-20,23-30,46-54H,3-4,7,11-12H2/t16-,19?,20?,23+,24?,25?,26+,27+,28+,29-,30-/m0/s1. The molecule has 1 aliphatic carbocycles. The number of nitrogens with zero attached hydrogens (tertiary/aromatic N) is 2. The summed E-state index contributed by atoms with van der Waals surface area (Å²) in [6, 6.07) is 5.37. The van der Waals surface area contributed by atoms with Gasteiger partial charge in [-0.3, -0.25) is 0 Å². The van der Waals surface area contributed by atoms with Crippen molar-refractivity contribution >= 4 is 11.3 Å². The molecule has 1 saturated carbocycles. The lowest BCUT2D eigenvalue weighted by Gasteiger charge is -2.45. The van der Waals surface area contributed by atoms with Crippen LogP contribution in [-0.2, 0) is 32.3 Å². The maximum atomic E-state index is 14.1. The average Bonchev–Trinajstić information content (AvgIpc) is 3.86. The van der Waals surface area contributed by atoms with Gasteiger partial charge in [-0.1, -0.05) is 12.1 Å². The number of pyridine rings is 1. The zero-order valence-corrected chi connectivity index (χ0v) is 31.2. The molecule has 0 amide bonds. The Kier molecular flexibility index (Phi) is 13.3. The van der Waals surface area contributed by atoms with Gasteiger partial charge in [0.15, 0.2) is 6.29 Å². The number of hydrogen-bond acceptors (Lipinski definition) is 17. The van der Waals surface area contributed by atoms with Gasteiger partial charge < -0.3 is 69.6 Å². The van der Waals surface area contributed by atoms with Gasteiger partial charge in [0.25, 0.3) is 0 Å². The highest BCUT2D eigenvalue weighted by Crippen LogP contribution is 2.52. The summed E-state index contributed by atoms with van der Waals surface area (Å²) in [5, 5.41) is 89.3. The Morgan fingerprint density at radius 2 is 1.37 bits per heavy atom. The largest absolute Gasteiger partial charge is 0.490 e. The quantitative estimate of drug-likeness (QED) is 0.102. The Bertz CT molecular complexity index is 1900. The van der Waals surface area contributed by atoms with E-state index in [0.29, 0.717) is 19.0 Å². The number of rotatable bonds is 14. The van der Waals surface area contributed by atoms with Crippen LogP contribution >= 0.6 is 11.3 Å². The fourth-order valence-electron chi connectivity index (χ4n) is 6.48. The topological polar surface area (TPSA) is 254 Å². The molecular formula is C35H38F8N2O14S. The molecular weight excluding hydrogens is 856 g/mol. The van der Waals surface area contributed by atoms with Crippen LogP contribution < -0.4 is 9.47 Å². The average molecular weight is 895 g/mol. The van der Waals surface area contributed by atoms with Crippen molar-refractivity contribution in [1.29, 1.82) is 0 Å². The summed E-state index contributed by atoms with van der Waals surface area (Å²) in [5.41, 5.74) is -6.10. The summed E-state index contributed by atoms with van der Waals surface area (Å²) >= 11 is -0.140. The van der Waals surface area contributed by atoms with Crippen LogP contribution in [0.5, 0.6) is 11.6 Å². The van der Waals surface area contributed by atoms with Crippen molar-refractivity contribution in [1.82, 2.24) is 9.97 Å². The molecule has 3 aliphatic rings. The predicted octanol–water partition coefficient (Wildman–Crippen LogP) is 0.811. The molecule has 2 aromatic heterocycles. The summed E-state index contributed by atoms with van der Waals surface area (Å²) in [7, 11) is 0. The second-order valence-corrected chi connectivity index (χ2v) is 15.3. The lowest BCUT2D eigenvalue weighted by atomic mass is 9.90. The molecule has 16 nitrogen and oxygen atoms in total. The molecule has 25 heteroatoms. The van der Waals surface area contributed by atoms with Crippen molar-refractivity contribution in [2.45, 2.75) is 117 Å². The van der Waals surface area contributed by atoms with Gasteiger partial charge in [0.05, 0.1) is 24.9 Å². The van der Waals surface area contributed by atoms with Crippen molar-refractivity contribution < 1.29 is 105 Å². The monoisotopic (exact) mass is 894 g/mol. The van der Waals surface area contributed by atoms with E-state index in [1.54, 1.807) is 0 Å². The first-order valence-electron chi connectivity index (χ1n) is 17.9. The molecule has 1 aromatic carbocycles. The Morgan fingerprint density at radius 3 is 1.93 bits per heavy atom. The Hall–Kier alpha value is -3.44. The molecule has 2 saturated heterocycles. The number of benzene rings is 1. The van der Waals surface area contributed by atoms with Gasteiger partial charge in [-0.2, -0.15) is 35.1 Å². The molecule has 0 radical (unpaired) electrons. The maximum Gasteiger partial charge on any atom is 0.433 e. The first kappa shape index (κ1) is 46.1. The number of thiazole rings is 1. The van der Waals surface area contributed by atoms with Crippen molar-refractivity contribution in [3.8, 4) is 11.6 Å². The maximum absolute atomic E-state index is 14.1. The van der Waals surface area contributed by atoms with E-state index in [-0.39, 0.29) is 39.6 Å². The van der Waals surface area contributed by atoms with Crippen LogP contribution in [0.1, 0.15) is 45.3 Å². The molecule has 2 aliphatic heterocycles. The Labute approximate surface area is 336 Å². The molecule has 60 heavy (non-hydrogen) atoms. The normalized spacial score (nSPS) is 29.9. The molecule has 6 rings (SSSR count). The summed E-state index contributed by atoms with van der Waals surface area (Å²) in [5.74, 6) is -2.06. The summed E-state index contributed by atoms with van der Waals surface area (Å²) in [4.78, 5) is 7.06. The number of alkyl halides is 8. The van der Waals surface area contributed by atoms with E-state index in [4.69, 9.17) is 23.7 Å². The molecule has 4 heterocycles. The minimum Gasteiger partial charge on any atom is -0.490 e. The van der Waals surface area contributed by atoms with Crippen molar-refractivity contribution in [3.63, 3.8) is 0 Å². The molecule has 4 unspecified atom stereocenters. The van der Waals surface area contributed by atoms with Crippen molar-refractivity contribution in [3.05, 3.63) is 69.3 Å². The number of halogens is 8. The second-order valence-electron chi connectivity index (χ2n) is 14.3. The molecule has 3 aromatic rings. The first-order chi connectivity index (χ1) is 28.0. The van der Waals surface area contributed by atoms with Gasteiger partial charge in [-0.05, 0) is 42.5 Å². The fraction of sp³-hybridized carbons (Fsp3) is 0.600. The smallest absolute Gasteiger partial charge is 0.433 e.